The molecule has 1 N–H and O–H groups in total. The number of piperazine rings is 1. The Morgan fingerprint density at radius 3 is 2.26 bits per heavy atom. The molecule has 0 spiro atoms. The van der Waals surface area contributed by atoms with Crippen LogP contribution in [0.25, 0.3) is 0 Å². The number of carbonyl (C=O) groups is 2. The zero-order valence-electron chi connectivity index (χ0n) is 12.5. The van der Waals surface area contributed by atoms with Gasteiger partial charge in [-0.25, -0.2) is 4.39 Å². The molecule has 0 bridgehead atoms. The first-order valence-corrected chi connectivity index (χ1v) is 8.45. The predicted octanol–water partition coefficient (Wildman–Crippen LogP) is 1.19. The van der Waals surface area contributed by atoms with E-state index in [2.05, 4.69) is 5.32 Å². The summed E-state index contributed by atoms with van der Waals surface area (Å²) in [4.78, 5) is 28.2. The lowest BCUT2D eigenvalue weighted by atomic mass is 10.1. The van der Waals surface area contributed by atoms with Crippen molar-refractivity contribution in [3.63, 3.8) is 0 Å². The average molecular weight is 360 g/mol. The van der Waals surface area contributed by atoms with Crippen molar-refractivity contribution in [2.45, 2.75) is 6.04 Å². The topological polar surface area (TPSA) is 52.7 Å². The summed E-state index contributed by atoms with van der Waals surface area (Å²) in [5, 5.41) is 3.17. The number of nitrogens with one attached hydrogen (secondary N) is 1. The van der Waals surface area contributed by atoms with E-state index in [4.69, 9.17) is 0 Å². The van der Waals surface area contributed by atoms with E-state index in [1.807, 2.05) is 4.90 Å². The average Bonchev–Trinajstić information content (AvgIpc) is 3.09. The standard InChI is InChI=1S/C15H18FN3O2S.ClH/c16-12-3-1-11(2-4-12)14(20)18-5-7-19(8-6-18)15(21)13-9-22-10-17-13;/h1-4,13,17H,5-10H2;1H. The van der Waals surface area contributed by atoms with Gasteiger partial charge in [-0.05, 0) is 24.3 Å². The first-order valence-electron chi connectivity index (χ1n) is 7.30. The van der Waals surface area contributed by atoms with Gasteiger partial charge in [0, 0.05) is 43.4 Å². The Balaban J connectivity index is 0.00000192. The molecule has 1 aromatic rings. The van der Waals surface area contributed by atoms with Gasteiger partial charge >= 0.3 is 0 Å². The minimum Gasteiger partial charge on any atom is -0.338 e. The number of amides is 2. The van der Waals surface area contributed by atoms with E-state index in [1.165, 1.54) is 24.3 Å². The van der Waals surface area contributed by atoms with E-state index in [-0.39, 0.29) is 36.1 Å². The van der Waals surface area contributed by atoms with Crippen LogP contribution in [0.2, 0.25) is 0 Å². The smallest absolute Gasteiger partial charge is 0.253 e. The number of halogens is 2. The number of carbonyl (C=O) groups excluding carboxylic acids is 2. The fourth-order valence-electron chi connectivity index (χ4n) is 2.68. The van der Waals surface area contributed by atoms with Crippen LogP contribution in [0.15, 0.2) is 24.3 Å². The SMILES string of the molecule is Cl.O=C(c1ccc(F)cc1)N1CCN(C(=O)C2CSCN2)CC1. The van der Waals surface area contributed by atoms with Crippen molar-refractivity contribution in [2.75, 3.05) is 37.8 Å². The van der Waals surface area contributed by atoms with Crippen LogP contribution in [-0.2, 0) is 4.79 Å². The third kappa shape index (κ3) is 4.16. The molecule has 2 aliphatic rings. The molecule has 8 heteroatoms. The van der Waals surface area contributed by atoms with E-state index in [9.17, 15) is 14.0 Å². The first-order chi connectivity index (χ1) is 10.6. The van der Waals surface area contributed by atoms with E-state index >= 15 is 0 Å². The minimum atomic E-state index is -0.353. The molecule has 23 heavy (non-hydrogen) atoms. The maximum atomic E-state index is 12.9. The summed E-state index contributed by atoms with van der Waals surface area (Å²) >= 11 is 1.72. The molecule has 2 fully saturated rings. The molecule has 0 aromatic heterocycles. The van der Waals surface area contributed by atoms with Gasteiger partial charge in [-0.3, -0.25) is 14.9 Å². The molecule has 126 valence electrons. The van der Waals surface area contributed by atoms with Crippen molar-refractivity contribution < 1.29 is 14.0 Å². The van der Waals surface area contributed by atoms with E-state index in [0.717, 1.165) is 11.6 Å². The highest BCUT2D eigenvalue weighted by molar-refractivity contribution is 7.99. The highest BCUT2D eigenvalue weighted by atomic mass is 35.5. The van der Waals surface area contributed by atoms with Crippen LogP contribution in [0.4, 0.5) is 4.39 Å². The summed E-state index contributed by atoms with van der Waals surface area (Å²) in [6.45, 7) is 2.13. The Morgan fingerprint density at radius 2 is 1.70 bits per heavy atom. The van der Waals surface area contributed by atoms with E-state index in [0.29, 0.717) is 31.7 Å². The quantitative estimate of drug-likeness (QED) is 0.862. The van der Waals surface area contributed by atoms with Crippen LogP contribution in [0, 0.1) is 5.82 Å². The van der Waals surface area contributed by atoms with Gasteiger partial charge in [0.05, 0.1) is 6.04 Å². The second-order valence-corrected chi connectivity index (χ2v) is 6.43. The Kier molecular flexibility index (Phi) is 6.26. The number of nitrogens with zero attached hydrogens (tertiary/aromatic N) is 2. The summed E-state index contributed by atoms with van der Waals surface area (Å²) in [6.07, 6.45) is 0. The summed E-state index contributed by atoms with van der Waals surface area (Å²) in [5.41, 5.74) is 0.482. The Hall–Kier alpha value is -1.31. The molecule has 2 heterocycles. The third-order valence-corrected chi connectivity index (χ3v) is 4.92. The van der Waals surface area contributed by atoms with Crippen LogP contribution in [-0.4, -0.2) is 65.5 Å². The summed E-state index contributed by atoms with van der Waals surface area (Å²) in [6, 6.07) is 5.47. The van der Waals surface area contributed by atoms with E-state index < -0.39 is 0 Å². The lowest BCUT2D eigenvalue weighted by Gasteiger charge is -2.35. The zero-order valence-corrected chi connectivity index (χ0v) is 14.2. The van der Waals surface area contributed by atoms with Gasteiger partial charge in [0.1, 0.15) is 5.82 Å². The number of thioether (sulfide) groups is 1. The minimum absolute atomic E-state index is 0. The third-order valence-electron chi connectivity index (χ3n) is 3.98. The Bertz CT molecular complexity index is 558. The maximum absolute atomic E-state index is 12.9. The first kappa shape index (κ1) is 18.0. The highest BCUT2D eigenvalue weighted by Gasteiger charge is 2.30. The molecule has 1 aromatic carbocycles. The molecule has 0 radical (unpaired) electrons. The van der Waals surface area contributed by atoms with Gasteiger partial charge in [0.25, 0.3) is 5.91 Å². The van der Waals surface area contributed by atoms with Gasteiger partial charge < -0.3 is 9.80 Å². The molecule has 5 nitrogen and oxygen atoms in total. The predicted molar refractivity (Wildman–Crippen MR) is 90.4 cm³/mol. The highest BCUT2D eigenvalue weighted by Crippen LogP contribution is 2.14. The summed E-state index contributed by atoms with van der Waals surface area (Å²) in [7, 11) is 0. The molecule has 1 unspecified atom stereocenters. The van der Waals surface area contributed by atoms with Crippen molar-refractivity contribution >= 4 is 36.0 Å². The molecule has 0 saturated carbocycles. The molecule has 1 atom stereocenters. The van der Waals surface area contributed by atoms with Gasteiger partial charge in [-0.15, -0.1) is 24.2 Å². The second-order valence-electron chi connectivity index (χ2n) is 5.40. The van der Waals surface area contributed by atoms with Gasteiger partial charge in [-0.1, -0.05) is 0 Å². The Morgan fingerprint density at radius 1 is 1.09 bits per heavy atom. The molecule has 2 aliphatic heterocycles. The van der Waals surface area contributed by atoms with Crippen LogP contribution < -0.4 is 5.32 Å². The fourth-order valence-corrected chi connectivity index (χ4v) is 3.61. The van der Waals surface area contributed by atoms with Gasteiger partial charge in [-0.2, -0.15) is 0 Å². The van der Waals surface area contributed by atoms with Crippen LogP contribution in [0.5, 0.6) is 0 Å². The molecular formula is C15H19ClFN3O2S. The molecule has 3 rings (SSSR count). The van der Waals surface area contributed by atoms with Crippen molar-refractivity contribution in [1.82, 2.24) is 15.1 Å². The number of rotatable bonds is 2. The normalized spacial score (nSPS) is 21.0. The summed E-state index contributed by atoms with van der Waals surface area (Å²) < 4.78 is 12.9. The van der Waals surface area contributed by atoms with Crippen molar-refractivity contribution in [3.05, 3.63) is 35.6 Å². The summed E-state index contributed by atoms with van der Waals surface area (Å²) in [5.74, 6) is 1.29. The van der Waals surface area contributed by atoms with Crippen molar-refractivity contribution in [3.8, 4) is 0 Å². The molecule has 2 amide bonds. The van der Waals surface area contributed by atoms with Crippen LogP contribution in [0.3, 0.4) is 0 Å². The fraction of sp³-hybridized carbons (Fsp3) is 0.467. The van der Waals surface area contributed by atoms with Gasteiger partial charge in [0.15, 0.2) is 0 Å². The maximum Gasteiger partial charge on any atom is 0.253 e. The molecular weight excluding hydrogens is 341 g/mol. The number of hydrogen-bond donors (Lipinski definition) is 1. The monoisotopic (exact) mass is 359 g/mol. The molecule has 0 aliphatic carbocycles. The molecule has 2 saturated heterocycles. The van der Waals surface area contributed by atoms with Crippen molar-refractivity contribution in [2.24, 2.45) is 0 Å². The second kappa shape index (κ2) is 7.99. The number of benzene rings is 1. The van der Waals surface area contributed by atoms with Crippen LogP contribution in [0.1, 0.15) is 10.4 Å². The lowest BCUT2D eigenvalue weighted by Crippen LogP contribution is -2.54. The number of hydrogen-bond acceptors (Lipinski definition) is 4. The van der Waals surface area contributed by atoms with E-state index in [1.54, 1.807) is 16.7 Å². The van der Waals surface area contributed by atoms with Gasteiger partial charge in [0.2, 0.25) is 5.91 Å². The van der Waals surface area contributed by atoms with Crippen molar-refractivity contribution in [1.29, 1.82) is 0 Å². The lowest BCUT2D eigenvalue weighted by molar-refractivity contribution is -0.134. The van der Waals surface area contributed by atoms with Crippen LogP contribution >= 0.6 is 24.2 Å². The largest absolute Gasteiger partial charge is 0.338 e. The Labute approximate surface area is 145 Å². The zero-order chi connectivity index (χ0) is 15.5.